The molecule has 0 aliphatic rings. The standard InChI is InChI=1S/C21H17ClN6O4S/c1-13-3-2-4-15(11-13)28-33(30,31)16-5-6-18(22)17(12-16)20(29)25-26-21-24-19(27-32-21)14-7-9-23-10-8-14/h2-12,28H,1H3,(H,25,29)(H,24,26,27). The lowest BCUT2D eigenvalue weighted by molar-refractivity contribution is 0.0961. The fourth-order valence-electron chi connectivity index (χ4n) is 2.84. The molecule has 0 saturated heterocycles. The number of rotatable bonds is 7. The lowest BCUT2D eigenvalue weighted by Crippen LogP contribution is -2.30. The van der Waals surface area contributed by atoms with Crippen LogP contribution < -0.4 is 15.6 Å². The third-order valence-corrected chi connectivity index (χ3v) is 6.12. The molecule has 0 spiro atoms. The quantitative estimate of drug-likeness (QED) is 0.338. The van der Waals surface area contributed by atoms with Gasteiger partial charge in [0.15, 0.2) is 0 Å². The number of carbonyl (C=O) groups excluding carboxylic acids is 1. The Balaban J connectivity index is 1.48. The summed E-state index contributed by atoms with van der Waals surface area (Å²) in [5, 5.41) is 3.87. The Kier molecular flexibility index (Phi) is 6.24. The van der Waals surface area contributed by atoms with Crippen molar-refractivity contribution in [3.05, 3.63) is 83.1 Å². The fourth-order valence-corrected chi connectivity index (χ4v) is 4.12. The summed E-state index contributed by atoms with van der Waals surface area (Å²) in [6.07, 6.45) is 3.16. The number of aromatic nitrogens is 3. The summed E-state index contributed by atoms with van der Waals surface area (Å²) < 4.78 is 33.1. The second-order valence-electron chi connectivity index (χ2n) is 6.85. The first-order chi connectivity index (χ1) is 15.8. The smallest absolute Gasteiger partial charge is 0.313 e. The van der Waals surface area contributed by atoms with E-state index in [-0.39, 0.29) is 21.5 Å². The molecule has 0 bridgehead atoms. The molecule has 12 heteroatoms. The molecule has 1 amide bonds. The average Bonchev–Trinajstić information content (AvgIpc) is 3.27. The number of pyridine rings is 1. The van der Waals surface area contributed by atoms with Gasteiger partial charge in [-0.15, -0.1) is 0 Å². The zero-order valence-electron chi connectivity index (χ0n) is 17.1. The minimum Gasteiger partial charge on any atom is -0.313 e. The number of nitrogens with one attached hydrogen (secondary N) is 3. The predicted molar refractivity (Wildman–Crippen MR) is 122 cm³/mol. The van der Waals surface area contributed by atoms with Crippen molar-refractivity contribution in [3.63, 3.8) is 0 Å². The van der Waals surface area contributed by atoms with Gasteiger partial charge < -0.3 is 4.52 Å². The van der Waals surface area contributed by atoms with E-state index in [1.165, 1.54) is 18.2 Å². The molecule has 3 N–H and O–H groups in total. The van der Waals surface area contributed by atoms with Crippen LogP contribution in [-0.2, 0) is 10.0 Å². The molecular weight excluding hydrogens is 468 g/mol. The van der Waals surface area contributed by atoms with Crippen molar-refractivity contribution in [2.45, 2.75) is 11.8 Å². The van der Waals surface area contributed by atoms with E-state index < -0.39 is 15.9 Å². The molecule has 0 radical (unpaired) electrons. The van der Waals surface area contributed by atoms with Crippen LogP contribution in [0.3, 0.4) is 0 Å². The molecule has 0 fully saturated rings. The molecule has 4 rings (SSSR count). The molecule has 0 aliphatic carbocycles. The largest absolute Gasteiger partial charge is 0.340 e. The highest BCUT2D eigenvalue weighted by molar-refractivity contribution is 7.92. The summed E-state index contributed by atoms with van der Waals surface area (Å²) in [6, 6.07) is 14.0. The summed E-state index contributed by atoms with van der Waals surface area (Å²) >= 11 is 6.13. The third kappa shape index (κ3) is 5.27. The number of nitrogens with zero attached hydrogens (tertiary/aromatic N) is 3. The first kappa shape index (κ1) is 22.2. The van der Waals surface area contributed by atoms with Crippen molar-refractivity contribution >= 4 is 39.2 Å². The van der Waals surface area contributed by atoms with Crippen LogP contribution in [0.25, 0.3) is 11.4 Å². The Bertz CT molecular complexity index is 1410. The Morgan fingerprint density at radius 1 is 1.06 bits per heavy atom. The van der Waals surface area contributed by atoms with Gasteiger partial charge in [-0.25, -0.2) is 13.8 Å². The molecule has 10 nitrogen and oxygen atoms in total. The van der Waals surface area contributed by atoms with Crippen LogP contribution in [0.2, 0.25) is 5.02 Å². The van der Waals surface area contributed by atoms with Crippen LogP contribution in [0.15, 0.2) is 76.4 Å². The van der Waals surface area contributed by atoms with Crippen LogP contribution in [-0.4, -0.2) is 29.4 Å². The minimum absolute atomic E-state index is 0.0619. The van der Waals surface area contributed by atoms with E-state index in [4.69, 9.17) is 16.1 Å². The maximum absolute atomic E-state index is 12.8. The Hall–Kier alpha value is -3.96. The number of amides is 1. The Morgan fingerprint density at radius 2 is 1.85 bits per heavy atom. The fraction of sp³-hybridized carbons (Fsp3) is 0.0476. The van der Waals surface area contributed by atoms with E-state index in [1.807, 2.05) is 13.0 Å². The van der Waals surface area contributed by atoms with Crippen molar-refractivity contribution in [1.29, 1.82) is 0 Å². The van der Waals surface area contributed by atoms with Crippen molar-refractivity contribution in [3.8, 4) is 11.4 Å². The summed E-state index contributed by atoms with van der Waals surface area (Å²) in [7, 11) is -3.95. The highest BCUT2D eigenvalue weighted by Gasteiger charge is 2.20. The number of sulfonamides is 1. The normalized spacial score (nSPS) is 11.1. The van der Waals surface area contributed by atoms with Crippen LogP contribution in [0, 0.1) is 6.92 Å². The first-order valence-electron chi connectivity index (χ1n) is 9.51. The molecule has 0 aliphatic heterocycles. The van der Waals surface area contributed by atoms with Crippen molar-refractivity contribution in [2.24, 2.45) is 0 Å². The van der Waals surface area contributed by atoms with Gasteiger partial charge in [0.2, 0.25) is 5.82 Å². The van der Waals surface area contributed by atoms with E-state index in [9.17, 15) is 13.2 Å². The van der Waals surface area contributed by atoms with Gasteiger partial charge in [0.1, 0.15) is 0 Å². The summed E-state index contributed by atoms with van der Waals surface area (Å²) in [5.41, 5.74) is 6.75. The Morgan fingerprint density at radius 3 is 2.61 bits per heavy atom. The lowest BCUT2D eigenvalue weighted by Gasteiger charge is -2.11. The molecule has 4 aromatic rings. The van der Waals surface area contributed by atoms with Gasteiger partial charge in [-0.1, -0.05) is 28.9 Å². The maximum Gasteiger partial charge on any atom is 0.340 e. The van der Waals surface area contributed by atoms with Gasteiger partial charge in [0.25, 0.3) is 15.9 Å². The van der Waals surface area contributed by atoms with Crippen LogP contribution in [0.5, 0.6) is 0 Å². The third-order valence-electron chi connectivity index (χ3n) is 4.41. The van der Waals surface area contributed by atoms with Crippen LogP contribution >= 0.6 is 11.6 Å². The lowest BCUT2D eigenvalue weighted by atomic mass is 10.2. The molecule has 2 aromatic carbocycles. The number of hydrogen-bond donors (Lipinski definition) is 3. The molecular formula is C21H17ClN6O4S. The predicted octanol–water partition coefficient (Wildman–Crippen LogP) is 3.65. The van der Waals surface area contributed by atoms with Gasteiger partial charge in [0, 0.05) is 23.6 Å². The summed E-state index contributed by atoms with van der Waals surface area (Å²) in [6.45, 7) is 1.85. The van der Waals surface area contributed by atoms with Gasteiger partial charge in [-0.05, 0) is 55.0 Å². The van der Waals surface area contributed by atoms with Gasteiger partial charge >= 0.3 is 6.01 Å². The number of halogens is 1. The van der Waals surface area contributed by atoms with Crippen LogP contribution in [0.1, 0.15) is 15.9 Å². The number of aryl methyl sites for hydroxylation is 1. The van der Waals surface area contributed by atoms with Gasteiger partial charge in [-0.3, -0.25) is 19.9 Å². The second kappa shape index (κ2) is 9.27. The first-order valence-corrected chi connectivity index (χ1v) is 11.4. The average molecular weight is 485 g/mol. The van der Waals surface area contributed by atoms with Crippen LogP contribution in [0.4, 0.5) is 11.7 Å². The number of hydrazine groups is 1. The Labute approximate surface area is 194 Å². The second-order valence-corrected chi connectivity index (χ2v) is 8.94. The SMILES string of the molecule is Cc1cccc(NS(=O)(=O)c2ccc(Cl)c(C(=O)NNc3nc(-c4ccncc4)no3)c2)c1. The van der Waals surface area contributed by atoms with Crippen molar-refractivity contribution in [1.82, 2.24) is 20.6 Å². The molecule has 0 saturated carbocycles. The number of carbonyl (C=O) groups is 1. The molecule has 2 aromatic heterocycles. The van der Waals surface area contributed by atoms with E-state index in [2.05, 4.69) is 30.7 Å². The van der Waals surface area contributed by atoms with E-state index >= 15 is 0 Å². The van der Waals surface area contributed by atoms with E-state index in [1.54, 1.807) is 42.7 Å². The molecule has 2 heterocycles. The van der Waals surface area contributed by atoms with Gasteiger partial charge in [-0.2, -0.15) is 4.98 Å². The molecule has 33 heavy (non-hydrogen) atoms. The van der Waals surface area contributed by atoms with E-state index in [0.29, 0.717) is 17.1 Å². The molecule has 0 atom stereocenters. The minimum atomic E-state index is -3.95. The molecule has 168 valence electrons. The highest BCUT2D eigenvalue weighted by Crippen LogP contribution is 2.23. The maximum atomic E-state index is 12.8. The molecule has 0 unspecified atom stereocenters. The summed E-state index contributed by atoms with van der Waals surface area (Å²) in [4.78, 5) is 20.5. The van der Waals surface area contributed by atoms with Crippen molar-refractivity contribution < 1.29 is 17.7 Å². The number of anilines is 2. The zero-order chi connectivity index (χ0) is 23.4. The van der Waals surface area contributed by atoms with Gasteiger partial charge in [0.05, 0.1) is 15.5 Å². The topological polar surface area (TPSA) is 139 Å². The zero-order valence-corrected chi connectivity index (χ0v) is 18.7. The monoisotopic (exact) mass is 484 g/mol. The number of hydrogen-bond acceptors (Lipinski definition) is 8. The highest BCUT2D eigenvalue weighted by atomic mass is 35.5. The number of benzene rings is 2. The van der Waals surface area contributed by atoms with E-state index in [0.717, 1.165) is 5.56 Å². The van der Waals surface area contributed by atoms with Crippen molar-refractivity contribution in [2.75, 3.05) is 10.1 Å². The summed E-state index contributed by atoms with van der Waals surface area (Å²) in [5.74, 6) is -0.404.